The van der Waals surface area contributed by atoms with Crippen LogP contribution in [0.2, 0.25) is 5.02 Å². The molecule has 2 aromatic rings. The van der Waals surface area contributed by atoms with Crippen molar-refractivity contribution in [3.8, 4) is 5.75 Å². The van der Waals surface area contributed by atoms with Crippen LogP contribution in [0.1, 0.15) is 10.9 Å². The molecular weight excluding hydrogens is 332 g/mol. The van der Waals surface area contributed by atoms with Crippen LogP contribution in [-0.4, -0.2) is 30.3 Å². The molecule has 0 aromatic heterocycles. The van der Waals surface area contributed by atoms with Gasteiger partial charge in [0.1, 0.15) is 11.1 Å². The molecule has 0 bridgehead atoms. The van der Waals surface area contributed by atoms with Crippen molar-refractivity contribution in [2.45, 2.75) is 5.37 Å². The second-order valence-corrected chi connectivity index (χ2v) is 6.75. The van der Waals surface area contributed by atoms with Gasteiger partial charge in [-0.15, -0.1) is 11.8 Å². The average molecular weight is 349 g/mol. The number of anilines is 1. The van der Waals surface area contributed by atoms with E-state index >= 15 is 0 Å². The maximum Gasteiger partial charge on any atom is 0.323 e. The summed E-state index contributed by atoms with van der Waals surface area (Å²) in [6.07, 6.45) is 0. The molecule has 1 N–H and O–H groups in total. The van der Waals surface area contributed by atoms with Gasteiger partial charge in [0.25, 0.3) is 0 Å². The lowest BCUT2D eigenvalue weighted by molar-refractivity contribution is 0.214. The van der Waals surface area contributed by atoms with Gasteiger partial charge in [-0.1, -0.05) is 23.7 Å². The predicted molar refractivity (Wildman–Crippen MR) is 95.4 cm³/mol. The molecule has 0 spiro atoms. The minimum Gasteiger partial charge on any atom is -0.497 e. The summed E-state index contributed by atoms with van der Waals surface area (Å²) in [6, 6.07) is 14.9. The van der Waals surface area contributed by atoms with E-state index in [1.54, 1.807) is 18.9 Å². The van der Waals surface area contributed by atoms with Crippen molar-refractivity contribution < 1.29 is 9.53 Å². The van der Waals surface area contributed by atoms with Crippen LogP contribution in [0.25, 0.3) is 0 Å². The van der Waals surface area contributed by atoms with E-state index < -0.39 is 0 Å². The van der Waals surface area contributed by atoms with Gasteiger partial charge in [-0.25, -0.2) is 4.79 Å². The van der Waals surface area contributed by atoms with Gasteiger partial charge in [0, 0.05) is 23.0 Å². The third-order valence-electron chi connectivity index (χ3n) is 3.63. The van der Waals surface area contributed by atoms with E-state index in [2.05, 4.69) is 5.32 Å². The minimum absolute atomic E-state index is 0.00746. The van der Waals surface area contributed by atoms with Gasteiger partial charge in [-0.05, 0) is 42.0 Å². The SMILES string of the molecule is COc1ccc(NC(=O)N2CCSC2c2cccc(Cl)c2)cc1. The van der Waals surface area contributed by atoms with Crippen LogP contribution in [0.3, 0.4) is 0 Å². The van der Waals surface area contributed by atoms with Crippen molar-refractivity contribution in [1.29, 1.82) is 0 Å². The number of rotatable bonds is 3. The van der Waals surface area contributed by atoms with Crippen LogP contribution in [-0.2, 0) is 0 Å². The number of hydrogen-bond acceptors (Lipinski definition) is 3. The van der Waals surface area contributed by atoms with E-state index in [4.69, 9.17) is 16.3 Å². The molecular formula is C17H17ClN2O2S. The van der Waals surface area contributed by atoms with Crippen LogP contribution < -0.4 is 10.1 Å². The number of nitrogens with one attached hydrogen (secondary N) is 1. The molecule has 4 nitrogen and oxygen atoms in total. The smallest absolute Gasteiger partial charge is 0.323 e. The number of ether oxygens (including phenoxy) is 1. The molecule has 0 radical (unpaired) electrons. The number of thioether (sulfide) groups is 1. The molecule has 23 heavy (non-hydrogen) atoms. The molecule has 3 rings (SSSR count). The summed E-state index contributed by atoms with van der Waals surface area (Å²) in [6.45, 7) is 0.712. The first kappa shape index (κ1) is 16.0. The molecule has 1 aliphatic rings. The summed E-state index contributed by atoms with van der Waals surface area (Å²) in [7, 11) is 1.62. The van der Waals surface area contributed by atoms with Crippen molar-refractivity contribution in [3.63, 3.8) is 0 Å². The van der Waals surface area contributed by atoms with Crippen molar-refractivity contribution in [2.24, 2.45) is 0 Å². The van der Waals surface area contributed by atoms with E-state index in [-0.39, 0.29) is 11.4 Å². The second-order valence-electron chi connectivity index (χ2n) is 5.13. The summed E-state index contributed by atoms with van der Waals surface area (Å²) >= 11 is 7.81. The first-order valence-corrected chi connectivity index (χ1v) is 8.69. The molecule has 1 aliphatic heterocycles. The zero-order chi connectivity index (χ0) is 16.2. The third kappa shape index (κ3) is 3.74. The lowest BCUT2D eigenvalue weighted by Crippen LogP contribution is -2.34. The number of hydrogen-bond donors (Lipinski definition) is 1. The zero-order valence-corrected chi connectivity index (χ0v) is 14.2. The number of urea groups is 1. The summed E-state index contributed by atoms with van der Waals surface area (Å²) in [4.78, 5) is 14.4. The number of methoxy groups -OCH3 is 1. The highest BCUT2D eigenvalue weighted by atomic mass is 35.5. The standard InChI is InChI=1S/C17H17ClN2O2S/c1-22-15-7-5-14(6-8-15)19-17(21)20-9-10-23-16(20)12-3-2-4-13(18)11-12/h2-8,11,16H,9-10H2,1H3,(H,19,21). The monoisotopic (exact) mass is 348 g/mol. The Morgan fingerprint density at radius 2 is 2.09 bits per heavy atom. The second kappa shape index (κ2) is 7.15. The van der Waals surface area contributed by atoms with Crippen LogP contribution in [0.5, 0.6) is 5.75 Å². The van der Waals surface area contributed by atoms with E-state index in [9.17, 15) is 4.79 Å². The van der Waals surface area contributed by atoms with Gasteiger partial charge in [-0.3, -0.25) is 0 Å². The Kier molecular flexibility index (Phi) is 4.98. The van der Waals surface area contributed by atoms with E-state index in [1.165, 1.54) is 0 Å². The molecule has 1 atom stereocenters. The zero-order valence-electron chi connectivity index (χ0n) is 12.7. The molecule has 0 aliphatic carbocycles. The normalized spacial score (nSPS) is 17.1. The fourth-order valence-electron chi connectivity index (χ4n) is 2.48. The van der Waals surface area contributed by atoms with Gasteiger partial charge in [0.15, 0.2) is 0 Å². The molecule has 0 saturated carbocycles. The third-order valence-corrected chi connectivity index (χ3v) is 5.12. The van der Waals surface area contributed by atoms with E-state index in [0.717, 1.165) is 22.8 Å². The summed E-state index contributed by atoms with van der Waals surface area (Å²) in [5.74, 6) is 1.67. The van der Waals surface area contributed by atoms with E-state index in [1.807, 2.05) is 53.4 Å². The van der Waals surface area contributed by atoms with Gasteiger partial charge in [0.05, 0.1) is 7.11 Å². The number of carbonyl (C=O) groups excluding carboxylic acids is 1. The molecule has 1 unspecified atom stereocenters. The van der Waals surface area contributed by atoms with Crippen LogP contribution in [0.4, 0.5) is 10.5 Å². The summed E-state index contributed by atoms with van der Waals surface area (Å²) in [5, 5.41) is 3.61. The Morgan fingerprint density at radius 3 is 2.78 bits per heavy atom. The van der Waals surface area contributed by atoms with Gasteiger partial charge in [-0.2, -0.15) is 0 Å². The first-order chi connectivity index (χ1) is 11.2. The molecule has 2 amide bonds. The highest BCUT2D eigenvalue weighted by molar-refractivity contribution is 7.99. The summed E-state index contributed by atoms with van der Waals surface area (Å²) < 4.78 is 5.12. The van der Waals surface area contributed by atoms with Crippen molar-refractivity contribution in [2.75, 3.05) is 24.7 Å². The molecule has 6 heteroatoms. The van der Waals surface area contributed by atoms with Gasteiger partial charge < -0.3 is 15.0 Å². The van der Waals surface area contributed by atoms with Crippen molar-refractivity contribution in [3.05, 3.63) is 59.1 Å². The van der Waals surface area contributed by atoms with Crippen molar-refractivity contribution in [1.82, 2.24) is 4.90 Å². The van der Waals surface area contributed by atoms with Gasteiger partial charge >= 0.3 is 6.03 Å². The molecule has 1 heterocycles. The van der Waals surface area contributed by atoms with Crippen LogP contribution >= 0.6 is 23.4 Å². The topological polar surface area (TPSA) is 41.6 Å². The highest BCUT2D eigenvalue weighted by Gasteiger charge is 2.30. The Hall–Kier alpha value is -1.85. The number of nitrogens with zero attached hydrogens (tertiary/aromatic N) is 1. The molecule has 120 valence electrons. The fraction of sp³-hybridized carbons (Fsp3) is 0.235. The van der Waals surface area contributed by atoms with Gasteiger partial charge in [0.2, 0.25) is 0 Å². The van der Waals surface area contributed by atoms with Crippen LogP contribution in [0, 0.1) is 0 Å². The van der Waals surface area contributed by atoms with Crippen LogP contribution in [0.15, 0.2) is 48.5 Å². The van der Waals surface area contributed by atoms with Crippen molar-refractivity contribution >= 4 is 35.1 Å². The minimum atomic E-state index is -0.106. The Balaban J connectivity index is 1.72. The first-order valence-electron chi connectivity index (χ1n) is 7.26. The molecule has 2 aromatic carbocycles. The maximum absolute atomic E-state index is 12.6. The summed E-state index contributed by atoms with van der Waals surface area (Å²) in [5.41, 5.74) is 1.79. The fourth-order valence-corrected chi connectivity index (χ4v) is 3.93. The van der Waals surface area contributed by atoms with E-state index in [0.29, 0.717) is 11.6 Å². The lowest BCUT2D eigenvalue weighted by atomic mass is 10.2. The Bertz CT molecular complexity index is 693. The number of benzene rings is 2. The quantitative estimate of drug-likeness (QED) is 0.879. The number of halogens is 1. The molecule has 1 saturated heterocycles. The Labute approximate surface area is 144 Å². The number of carbonyl (C=O) groups is 1. The average Bonchev–Trinajstić information content (AvgIpc) is 3.05. The highest BCUT2D eigenvalue weighted by Crippen LogP contribution is 2.38. The molecule has 1 fully saturated rings. The Morgan fingerprint density at radius 1 is 1.30 bits per heavy atom. The lowest BCUT2D eigenvalue weighted by Gasteiger charge is -2.24. The largest absolute Gasteiger partial charge is 0.497 e. The number of amides is 2. The maximum atomic E-state index is 12.6. The predicted octanol–water partition coefficient (Wildman–Crippen LogP) is 4.63.